The van der Waals surface area contributed by atoms with E-state index < -0.39 is 0 Å². The third-order valence-electron chi connectivity index (χ3n) is 2.56. The van der Waals surface area contributed by atoms with Crippen LogP contribution in [0.15, 0.2) is 18.2 Å². The number of halogens is 1. The zero-order valence-electron chi connectivity index (χ0n) is 11.6. The van der Waals surface area contributed by atoms with Crippen molar-refractivity contribution >= 4 is 17.6 Å². The van der Waals surface area contributed by atoms with Gasteiger partial charge in [0.15, 0.2) is 0 Å². The molecule has 0 aliphatic carbocycles. The summed E-state index contributed by atoms with van der Waals surface area (Å²) in [4.78, 5) is 12.3. The van der Waals surface area contributed by atoms with E-state index in [0.717, 1.165) is 5.56 Å². The summed E-state index contributed by atoms with van der Waals surface area (Å²) in [5.74, 6) is 0.340. The third-order valence-corrected chi connectivity index (χ3v) is 2.56. The Morgan fingerprint density at radius 3 is 2.65 bits per heavy atom. The van der Waals surface area contributed by atoms with Gasteiger partial charge in [-0.2, -0.15) is 15.0 Å². The van der Waals surface area contributed by atoms with E-state index in [9.17, 15) is 4.39 Å². The van der Waals surface area contributed by atoms with Gasteiger partial charge in [-0.05, 0) is 31.5 Å². The Kier molecular flexibility index (Phi) is 4.29. The number of aryl methyl sites for hydroxylation is 1. The fourth-order valence-electron chi connectivity index (χ4n) is 1.57. The molecule has 0 radical (unpaired) electrons. The molecule has 0 aliphatic heterocycles. The lowest BCUT2D eigenvalue weighted by Crippen LogP contribution is -2.07. The van der Waals surface area contributed by atoms with Crippen LogP contribution in [0.1, 0.15) is 12.5 Å². The van der Waals surface area contributed by atoms with E-state index in [1.54, 1.807) is 13.1 Å². The van der Waals surface area contributed by atoms with Gasteiger partial charge in [0.25, 0.3) is 0 Å². The summed E-state index contributed by atoms with van der Waals surface area (Å²) >= 11 is 0. The van der Waals surface area contributed by atoms with Crippen molar-refractivity contribution in [1.29, 1.82) is 0 Å². The first-order chi connectivity index (χ1) is 9.62. The van der Waals surface area contributed by atoms with Crippen LogP contribution < -0.4 is 15.4 Å². The first-order valence-corrected chi connectivity index (χ1v) is 6.22. The maximum atomic E-state index is 13.3. The van der Waals surface area contributed by atoms with Crippen molar-refractivity contribution in [2.75, 3.05) is 24.3 Å². The molecular formula is C13H16FN5O. The van der Waals surface area contributed by atoms with Crippen molar-refractivity contribution in [3.8, 4) is 6.01 Å². The maximum Gasteiger partial charge on any atom is 0.323 e. The SMILES string of the molecule is CCOc1nc(NC)nc(Nc2cc(F)ccc2C)n1. The predicted molar refractivity (Wildman–Crippen MR) is 75.0 cm³/mol. The minimum absolute atomic E-state index is 0.211. The van der Waals surface area contributed by atoms with Gasteiger partial charge in [0, 0.05) is 12.7 Å². The second kappa shape index (κ2) is 6.14. The number of anilines is 3. The molecule has 2 aromatic rings. The summed E-state index contributed by atoms with van der Waals surface area (Å²) in [5, 5.41) is 5.79. The van der Waals surface area contributed by atoms with Gasteiger partial charge in [0.2, 0.25) is 11.9 Å². The maximum absolute atomic E-state index is 13.3. The van der Waals surface area contributed by atoms with Crippen LogP contribution in [0, 0.1) is 12.7 Å². The van der Waals surface area contributed by atoms with Crippen molar-refractivity contribution in [2.24, 2.45) is 0 Å². The third kappa shape index (κ3) is 3.31. The van der Waals surface area contributed by atoms with Crippen LogP contribution >= 0.6 is 0 Å². The highest BCUT2D eigenvalue weighted by molar-refractivity contribution is 5.58. The molecule has 1 heterocycles. The number of nitrogens with one attached hydrogen (secondary N) is 2. The van der Waals surface area contributed by atoms with Crippen molar-refractivity contribution in [1.82, 2.24) is 15.0 Å². The number of hydrogen-bond acceptors (Lipinski definition) is 6. The van der Waals surface area contributed by atoms with Gasteiger partial charge in [0.1, 0.15) is 5.82 Å². The number of aromatic nitrogens is 3. The minimum atomic E-state index is -0.328. The summed E-state index contributed by atoms with van der Waals surface area (Å²) in [7, 11) is 1.70. The second-order valence-corrected chi connectivity index (χ2v) is 4.03. The highest BCUT2D eigenvalue weighted by Crippen LogP contribution is 2.21. The Morgan fingerprint density at radius 1 is 1.20 bits per heavy atom. The van der Waals surface area contributed by atoms with Crippen molar-refractivity contribution in [3.05, 3.63) is 29.6 Å². The summed E-state index contributed by atoms with van der Waals surface area (Å²) in [6.45, 7) is 4.16. The molecule has 0 spiro atoms. The standard InChI is InChI=1S/C13H16FN5O/c1-4-20-13-18-11(15-3)17-12(19-13)16-10-7-9(14)6-5-8(10)2/h5-7H,4H2,1-3H3,(H2,15,16,17,18,19). The van der Waals surface area contributed by atoms with Gasteiger partial charge in [-0.1, -0.05) is 6.07 Å². The van der Waals surface area contributed by atoms with Gasteiger partial charge in [-0.15, -0.1) is 0 Å². The van der Waals surface area contributed by atoms with Crippen molar-refractivity contribution < 1.29 is 9.13 Å². The van der Waals surface area contributed by atoms with Gasteiger partial charge in [0.05, 0.1) is 6.61 Å². The Labute approximate surface area is 116 Å². The Bertz CT molecular complexity index is 605. The molecule has 0 saturated carbocycles. The van der Waals surface area contributed by atoms with Crippen molar-refractivity contribution in [3.63, 3.8) is 0 Å². The first-order valence-electron chi connectivity index (χ1n) is 6.22. The second-order valence-electron chi connectivity index (χ2n) is 4.03. The van der Waals surface area contributed by atoms with Crippen LogP contribution in [0.4, 0.5) is 22.0 Å². The molecule has 0 amide bonds. The van der Waals surface area contributed by atoms with E-state index in [-0.39, 0.29) is 11.8 Å². The highest BCUT2D eigenvalue weighted by atomic mass is 19.1. The highest BCUT2D eigenvalue weighted by Gasteiger charge is 2.08. The van der Waals surface area contributed by atoms with Crippen molar-refractivity contribution in [2.45, 2.75) is 13.8 Å². The fraction of sp³-hybridized carbons (Fsp3) is 0.308. The molecule has 6 nitrogen and oxygen atoms in total. The Hall–Kier alpha value is -2.44. The van der Waals surface area contributed by atoms with E-state index in [1.807, 2.05) is 13.8 Å². The predicted octanol–water partition coefficient (Wildman–Crippen LogP) is 2.50. The summed E-state index contributed by atoms with van der Waals surface area (Å²) in [6.07, 6.45) is 0. The molecule has 0 aliphatic rings. The molecule has 0 atom stereocenters. The summed E-state index contributed by atoms with van der Waals surface area (Å²) < 4.78 is 18.5. The zero-order valence-corrected chi connectivity index (χ0v) is 11.6. The van der Waals surface area contributed by atoms with E-state index in [4.69, 9.17) is 4.74 Å². The van der Waals surface area contributed by atoms with Gasteiger partial charge in [-0.25, -0.2) is 4.39 Å². The smallest absolute Gasteiger partial charge is 0.323 e. The lowest BCUT2D eigenvalue weighted by molar-refractivity contribution is 0.312. The molecule has 1 aromatic carbocycles. The van der Waals surface area contributed by atoms with Gasteiger partial charge >= 0.3 is 6.01 Å². The minimum Gasteiger partial charge on any atom is -0.464 e. The van der Waals surface area contributed by atoms with Gasteiger partial charge < -0.3 is 15.4 Å². The molecule has 2 rings (SSSR count). The Balaban J connectivity index is 2.32. The zero-order chi connectivity index (χ0) is 14.5. The molecule has 0 bridgehead atoms. The van der Waals surface area contributed by atoms with Crippen LogP contribution in [-0.2, 0) is 0 Å². The van der Waals surface area contributed by atoms with Crippen LogP contribution in [0.2, 0.25) is 0 Å². The normalized spacial score (nSPS) is 10.2. The molecule has 106 valence electrons. The number of ether oxygens (including phenoxy) is 1. The number of nitrogens with zero attached hydrogens (tertiary/aromatic N) is 3. The molecule has 0 unspecified atom stereocenters. The average molecular weight is 277 g/mol. The molecule has 0 saturated heterocycles. The van der Waals surface area contributed by atoms with Crippen LogP contribution in [0.5, 0.6) is 6.01 Å². The lowest BCUT2D eigenvalue weighted by Gasteiger charge is -2.10. The lowest BCUT2D eigenvalue weighted by atomic mass is 10.2. The molecular weight excluding hydrogens is 261 g/mol. The molecule has 7 heteroatoms. The monoisotopic (exact) mass is 277 g/mol. The number of benzene rings is 1. The van der Waals surface area contributed by atoms with E-state index >= 15 is 0 Å². The van der Waals surface area contributed by atoms with E-state index in [2.05, 4.69) is 25.6 Å². The molecule has 20 heavy (non-hydrogen) atoms. The average Bonchev–Trinajstić information content (AvgIpc) is 2.43. The summed E-state index contributed by atoms with van der Waals surface area (Å²) in [6, 6.07) is 4.68. The van der Waals surface area contributed by atoms with E-state index in [0.29, 0.717) is 24.2 Å². The molecule has 2 N–H and O–H groups in total. The molecule has 1 aromatic heterocycles. The van der Waals surface area contributed by atoms with Crippen LogP contribution in [0.3, 0.4) is 0 Å². The van der Waals surface area contributed by atoms with Crippen LogP contribution in [0.25, 0.3) is 0 Å². The topological polar surface area (TPSA) is 72.0 Å². The fourth-order valence-corrected chi connectivity index (χ4v) is 1.57. The Morgan fingerprint density at radius 2 is 1.95 bits per heavy atom. The molecule has 0 fully saturated rings. The number of hydrogen-bond donors (Lipinski definition) is 2. The number of rotatable bonds is 5. The summed E-state index contributed by atoms with van der Waals surface area (Å²) in [5.41, 5.74) is 1.48. The van der Waals surface area contributed by atoms with Crippen LogP contribution in [-0.4, -0.2) is 28.6 Å². The van der Waals surface area contributed by atoms with E-state index in [1.165, 1.54) is 12.1 Å². The first kappa shape index (κ1) is 14.0. The quantitative estimate of drug-likeness (QED) is 0.875. The largest absolute Gasteiger partial charge is 0.464 e. The van der Waals surface area contributed by atoms with Gasteiger partial charge in [-0.3, -0.25) is 0 Å².